The number of hydrogen-bond donors (Lipinski definition) is 2. The SMILES string of the molecule is NCc1cn(-c2ccccc2C(=O)NCc2ccncc2)cn1. The van der Waals surface area contributed by atoms with E-state index < -0.39 is 0 Å². The van der Waals surface area contributed by atoms with Crippen molar-refractivity contribution in [3.63, 3.8) is 0 Å². The van der Waals surface area contributed by atoms with Crippen molar-refractivity contribution in [1.29, 1.82) is 0 Å². The van der Waals surface area contributed by atoms with Crippen molar-refractivity contribution < 1.29 is 4.79 Å². The standard InChI is InChI=1S/C17H17N5O/c18-9-14-11-22(12-21-14)16-4-2-1-3-15(16)17(23)20-10-13-5-7-19-8-6-13/h1-8,11-12H,9-10,18H2,(H,20,23). The second-order valence-electron chi connectivity index (χ2n) is 5.03. The van der Waals surface area contributed by atoms with E-state index in [2.05, 4.69) is 15.3 Å². The molecule has 0 saturated carbocycles. The summed E-state index contributed by atoms with van der Waals surface area (Å²) >= 11 is 0. The maximum atomic E-state index is 12.5. The molecule has 0 fully saturated rings. The van der Waals surface area contributed by atoms with Gasteiger partial charge in [-0.15, -0.1) is 0 Å². The molecule has 3 N–H and O–H groups in total. The van der Waals surface area contributed by atoms with E-state index in [1.165, 1.54) is 0 Å². The lowest BCUT2D eigenvalue weighted by atomic mass is 10.1. The number of hydrogen-bond acceptors (Lipinski definition) is 4. The van der Waals surface area contributed by atoms with E-state index in [0.717, 1.165) is 16.9 Å². The third-order valence-electron chi connectivity index (χ3n) is 3.47. The Bertz CT molecular complexity index is 798. The lowest BCUT2D eigenvalue weighted by Gasteiger charge is -2.10. The minimum Gasteiger partial charge on any atom is -0.348 e. The van der Waals surface area contributed by atoms with Gasteiger partial charge >= 0.3 is 0 Å². The Balaban J connectivity index is 1.80. The fraction of sp³-hybridized carbons (Fsp3) is 0.118. The summed E-state index contributed by atoms with van der Waals surface area (Å²) in [6.07, 6.45) is 6.90. The number of carbonyl (C=O) groups is 1. The molecule has 3 aromatic rings. The van der Waals surface area contributed by atoms with Crippen LogP contribution in [-0.2, 0) is 13.1 Å². The van der Waals surface area contributed by atoms with Crippen LogP contribution in [0.15, 0.2) is 61.3 Å². The zero-order chi connectivity index (χ0) is 16.1. The Kier molecular flexibility index (Phi) is 4.44. The molecule has 6 heteroatoms. The van der Waals surface area contributed by atoms with E-state index in [0.29, 0.717) is 18.7 Å². The van der Waals surface area contributed by atoms with E-state index in [-0.39, 0.29) is 5.91 Å². The molecule has 0 unspecified atom stereocenters. The van der Waals surface area contributed by atoms with Gasteiger partial charge in [0.15, 0.2) is 0 Å². The van der Waals surface area contributed by atoms with Crippen molar-refractivity contribution in [2.75, 3.05) is 0 Å². The molecule has 2 aromatic heterocycles. The Labute approximate surface area is 134 Å². The number of nitrogens with two attached hydrogens (primary N) is 1. The van der Waals surface area contributed by atoms with Gasteiger partial charge in [-0.05, 0) is 29.8 Å². The van der Waals surface area contributed by atoms with E-state index in [1.54, 1.807) is 24.8 Å². The number of imidazole rings is 1. The molecular formula is C17H17N5O. The normalized spacial score (nSPS) is 10.5. The number of carbonyl (C=O) groups excluding carboxylic acids is 1. The smallest absolute Gasteiger partial charge is 0.253 e. The van der Waals surface area contributed by atoms with E-state index >= 15 is 0 Å². The molecule has 0 radical (unpaired) electrons. The van der Waals surface area contributed by atoms with Crippen molar-refractivity contribution >= 4 is 5.91 Å². The van der Waals surface area contributed by atoms with Gasteiger partial charge in [0.2, 0.25) is 0 Å². The summed E-state index contributed by atoms with van der Waals surface area (Å²) in [7, 11) is 0. The number of nitrogens with one attached hydrogen (secondary N) is 1. The van der Waals surface area contributed by atoms with Crippen LogP contribution in [-0.4, -0.2) is 20.4 Å². The first-order chi connectivity index (χ1) is 11.3. The summed E-state index contributed by atoms with van der Waals surface area (Å²) in [6, 6.07) is 11.1. The predicted molar refractivity (Wildman–Crippen MR) is 86.9 cm³/mol. The third-order valence-corrected chi connectivity index (χ3v) is 3.47. The van der Waals surface area contributed by atoms with Gasteiger partial charge in [-0.1, -0.05) is 12.1 Å². The van der Waals surface area contributed by atoms with Gasteiger partial charge in [-0.3, -0.25) is 9.78 Å². The van der Waals surface area contributed by atoms with Crippen LogP contribution in [0, 0.1) is 0 Å². The lowest BCUT2D eigenvalue weighted by Crippen LogP contribution is -2.24. The van der Waals surface area contributed by atoms with Crippen LogP contribution >= 0.6 is 0 Å². The van der Waals surface area contributed by atoms with Crippen LogP contribution < -0.4 is 11.1 Å². The first-order valence-electron chi connectivity index (χ1n) is 7.27. The average Bonchev–Trinajstić information content (AvgIpc) is 3.09. The Hall–Kier alpha value is -2.99. The minimum absolute atomic E-state index is 0.139. The van der Waals surface area contributed by atoms with Crippen LogP contribution in [0.25, 0.3) is 5.69 Å². The molecule has 116 valence electrons. The molecule has 0 aliphatic heterocycles. The Morgan fingerprint density at radius 2 is 1.96 bits per heavy atom. The van der Waals surface area contributed by atoms with Gasteiger partial charge in [0.25, 0.3) is 5.91 Å². The van der Waals surface area contributed by atoms with Gasteiger partial charge in [0.1, 0.15) is 0 Å². The molecule has 0 atom stereocenters. The maximum absolute atomic E-state index is 12.5. The summed E-state index contributed by atoms with van der Waals surface area (Å²) in [4.78, 5) is 20.7. The minimum atomic E-state index is -0.139. The van der Waals surface area contributed by atoms with E-state index in [9.17, 15) is 4.79 Å². The van der Waals surface area contributed by atoms with Gasteiger partial charge < -0.3 is 15.6 Å². The molecule has 0 aliphatic carbocycles. The summed E-state index contributed by atoms with van der Waals surface area (Å²) in [5.74, 6) is -0.139. The van der Waals surface area contributed by atoms with Crippen LogP contribution in [0.5, 0.6) is 0 Å². The number of nitrogens with zero attached hydrogens (tertiary/aromatic N) is 3. The maximum Gasteiger partial charge on any atom is 0.253 e. The molecule has 1 aromatic carbocycles. The fourth-order valence-electron chi connectivity index (χ4n) is 2.27. The summed E-state index contributed by atoms with van der Waals surface area (Å²) < 4.78 is 1.81. The van der Waals surface area contributed by atoms with Crippen molar-refractivity contribution in [3.8, 4) is 5.69 Å². The molecule has 2 heterocycles. The molecule has 0 spiro atoms. The molecule has 3 rings (SSSR count). The number of para-hydroxylation sites is 1. The highest BCUT2D eigenvalue weighted by molar-refractivity contribution is 5.97. The van der Waals surface area contributed by atoms with Gasteiger partial charge in [0, 0.05) is 31.7 Å². The monoisotopic (exact) mass is 307 g/mol. The summed E-state index contributed by atoms with van der Waals surface area (Å²) in [6.45, 7) is 0.817. The van der Waals surface area contributed by atoms with Gasteiger partial charge in [-0.25, -0.2) is 4.98 Å². The van der Waals surface area contributed by atoms with Crippen molar-refractivity contribution in [1.82, 2.24) is 19.9 Å². The highest BCUT2D eigenvalue weighted by atomic mass is 16.1. The summed E-state index contributed by atoms with van der Waals surface area (Å²) in [5.41, 5.74) is 8.72. The molecule has 6 nitrogen and oxygen atoms in total. The third kappa shape index (κ3) is 3.44. The molecule has 23 heavy (non-hydrogen) atoms. The van der Waals surface area contributed by atoms with Crippen molar-refractivity contribution in [3.05, 3.63) is 78.1 Å². The molecule has 0 aliphatic rings. The number of amides is 1. The largest absolute Gasteiger partial charge is 0.348 e. The van der Waals surface area contributed by atoms with Crippen molar-refractivity contribution in [2.45, 2.75) is 13.1 Å². The molecular weight excluding hydrogens is 290 g/mol. The first kappa shape index (κ1) is 14.9. The fourth-order valence-corrected chi connectivity index (χ4v) is 2.27. The zero-order valence-corrected chi connectivity index (χ0v) is 12.5. The van der Waals surface area contributed by atoms with Gasteiger partial charge in [-0.2, -0.15) is 0 Å². The Morgan fingerprint density at radius 1 is 1.17 bits per heavy atom. The van der Waals surface area contributed by atoms with Crippen LogP contribution in [0.1, 0.15) is 21.6 Å². The first-order valence-corrected chi connectivity index (χ1v) is 7.27. The predicted octanol–water partition coefficient (Wildman–Crippen LogP) is 1.66. The number of rotatable bonds is 5. The van der Waals surface area contributed by atoms with Gasteiger partial charge in [0.05, 0.1) is 23.3 Å². The number of benzene rings is 1. The Morgan fingerprint density at radius 3 is 2.70 bits per heavy atom. The summed E-state index contributed by atoms with van der Waals surface area (Å²) in [5, 5.41) is 2.92. The van der Waals surface area contributed by atoms with Crippen LogP contribution in [0.4, 0.5) is 0 Å². The quantitative estimate of drug-likeness (QED) is 0.750. The van der Waals surface area contributed by atoms with Crippen LogP contribution in [0.2, 0.25) is 0 Å². The highest BCUT2D eigenvalue weighted by Crippen LogP contribution is 2.15. The van der Waals surface area contributed by atoms with Crippen molar-refractivity contribution in [2.24, 2.45) is 5.73 Å². The van der Waals surface area contributed by atoms with E-state index in [4.69, 9.17) is 5.73 Å². The molecule has 1 amide bonds. The molecule has 0 bridgehead atoms. The average molecular weight is 307 g/mol. The second kappa shape index (κ2) is 6.85. The number of pyridine rings is 1. The topological polar surface area (TPSA) is 85.8 Å². The lowest BCUT2D eigenvalue weighted by molar-refractivity contribution is 0.0951. The zero-order valence-electron chi connectivity index (χ0n) is 12.5. The molecule has 0 saturated heterocycles. The number of aromatic nitrogens is 3. The van der Waals surface area contributed by atoms with E-state index in [1.807, 2.05) is 41.1 Å². The van der Waals surface area contributed by atoms with Crippen LogP contribution in [0.3, 0.4) is 0 Å². The second-order valence-corrected chi connectivity index (χ2v) is 5.03. The highest BCUT2D eigenvalue weighted by Gasteiger charge is 2.12.